The Morgan fingerprint density at radius 3 is 2.88 bits per heavy atom. The highest BCUT2D eigenvalue weighted by atomic mass is 19.1. The number of hydrogen-bond donors (Lipinski definition) is 1. The van der Waals surface area contributed by atoms with E-state index in [0.29, 0.717) is 17.2 Å². The highest BCUT2D eigenvalue weighted by Crippen LogP contribution is 2.21. The van der Waals surface area contributed by atoms with Crippen molar-refractivity contribution >= 4 is 11.5 Å². The van der Waals surface area contributed by atoms with Crippen LogP contribution in [0.5, 0.6) is 0 Å². The van der Waals surface area contributed by atoms with Crippen LogP contribution in [-0.4, -0.2) is 14.4 Å². The summed E-state index contributed by atoms with van der Waals surface area (Å²) in [6.07, 6.45) is 3.93. The Bertz CT molecular complexity index is 530. The SMILES string of the molecule is C=CNc1cn2cc(C)nc2c(C(C)F)n1. The molecule has 0 spiro atoms. The molecule has 0 aliphatic heterocycles. The first-order valence-electron chi connectivity index (χ1n) is 4.99. The lowest BCUT2D eigenvalue weighted by Crippen LogP contribution is -2.02. The van der Waals surface area contributed by atoms with Gasteiger partial charge in [-0.2, -0.15) is 0 Å². The molecule has 5 heteroatoms. The van der Waals surface area contributed by atoms with E-state index >= 15 is 0 Å². The molecule has 0 aliphatic carbocycles. The molecule has 0 aliphatic rings. The van der Waals surface area contributed by atoms with Crippen LogP contribution >= 0.6 is 0 Å². The second-order valence-electron chi connectivity index (χ2n) is 3.59. The van der Waals surface area contributed by atoms with Crippen molar-refractivity contribution in [2.75, 3.05) is 5.32 Å². The van der Waals surface area contributed by atoms with Crippen LogP contribution in [0.3, 0.4) is 0 Å². The van der Waals surface area contributed by atoms with E-state index in [0.717, 1.165) is 5.69 Å². The van der Waals surface area contributed by atoms with Crippen LogP contribution < -0.4 is 5.32 Å². The third-order valence-electron chi connectivity index (χ3n) is 2.21. The molecular formula is C11H13FN4. The van der Waals surface area contributed by atoms with Crippen LogP contribution in [0.1, 0.15) is 24.5 Å². The highest BCUT2D eigenvalue weighted by Gasteiger charge is 2.14. The number of hydrogen-bond acceptors (Lipinski definition) is 3. The zero-order chi connectivity index (χ0) is 11.7. The van der Waals surface area contributed by atoms with E-state index in [9.17, 15) is 4.39 Å². The van der Waals surface area contributed by atoms with Gasteiger partial charge in [0.2, 0.25) is 0 Å². The zero-order valence-corrected chi connectivity index (χ0v) is 9.24. The van der Waals surface area contributed by atoms with E-state index in [1.807, 2.05) is 13.1 Å². The number of imidazole rings is 1. The number of halogens is 1. The molecule has 2 aromatic heterocycles. The smallest absolute Gasteiger partial charge is 0.162 e. The second kappa shape index (κ2) is 3.92. The summed E-state index contributed by atoms with van der Waals surface area (Å²) >= 11 is 0. The molecule has 84 valence electrons. The van der Waals surface area contributed by atoms with Crippen molar-refractivity contribution in [1.82, 2.24) is 14.4 Å². The molecule has 2 aromatic rings. The maximum Gasteiger partial charge on any atom is 0.162 e. The Balaban J connectivity index is 2.67. The molecule has 0 amide bonds. The minimum Gasteiger partial charge on any atom is -0.346 e. The average Bonchev–Trinajstić information content (AvgIpc) is 2.57. The molecule has 0 aromatic carbocycles. The normalized spacial score (nSPS) is 12.7. The summed E-state index contributed by atoms with van der Waals surface area (Å²) in [5.74, 6) is 0.555. The van der Waals surface area contributed by atoms with Gasteiger partial charge in [0.25, 0.3) is 0 Å². The van der Waals surface area contributed by atoms with E-state index in [2.05, 4.69) is 21.9 Å². The Morgan fingerprint density at radius 2 is 2.25 bits per heavy atom. The van der Waals surface area contributed by atoms with Crippen molar-refractivity contribution in [3.05, 3.63) is 36.6 Å². The van der Waals surface area contributed by atoms with Gasteiger partial charge in [-0.25, -0.2) is 14.4 Å². The Labute approximate surface area is 92.8 Å². The third kappa shape index (κ3) is 1.76. The van der Waals surface area contributed by atoms with Crippen molar-refractivity contribution in [2.45, 2.75) is 20.0 Å². The highest BCUT2D eigenvalue weighted by molar-refractivity contribution is 5.51. The van der Waals surface area contributed by atoms with Gasteiger partial charge in [-0.1, -0.05) is 6.58 Å². The monoisotopic (exact) mass is 220 g/mol. The Kier molecular flexibility index (Phi) is 2.60. The molecule has 1 unspecified atom stereocenters. The molecule has 1 N–H and O–H groups in total. The molecule has 1 atom stereocenters. The number of anilines is 1. The maximum atomic E-state index is 13.4. The van der Waals surface area contributed by atoms with Crippen molar-refractivity contribution in [1.29, 1.82) is 0 Å². The lowest BCUT2D eigenvalue weighted by Gasteiger charge is -2.07. The number of nitrogens with zero attached hydrogens (tertiary/aromatic N) is 3. The first-order chi connectivity index (χ1) is 7.61. The van der Waals surface area contributed by atoms with Crippen molar-refractivity contribution in [3.8, 4) is 0 Å². The molecule has 0 bridgehead atoms. The topological polar surface area (TPSA) is 42.2 Å². The molecular weight excluding hydrogens is 207 g/mol. The summed E-state index contributed by atoms with van der Waals surface area (Å²) in [5.41, 5.74) is 1.72. The summed E-state index contributed by atoms with van der Waals surface area (Å²) in [5, 5.41) is 2.84. The van der Waals surface area contributed by atoms with Gasteiger partial charge >= 0.3 is 0 Å². The van der Waals surface area contributed by atoms with Gasteiger partial charge in [0.15, 0.2) is 5.65 Å². The van der Waals surface area contributed by atoms with Gasteiger partial charge in [-0.3, -0.25) is 0 Å². The molecule has 2 rings (SSSR count). The minimum atomic E-state index is -1.16. The fourth-order valence-electron chi connectivity index (χ4n) is 1.59. The molecule has 0 saturated heterocycles. The predicted octanol–water partition coefficient (Wildman–Crippen LogP) is 2.62. The fourth-order valence-corrected chi connectivity index (χ4v) is 1.59. The molecule has 2 heterocycles. The van der Waals surface area contributed by atoms with E-state index in [4.69, 9.17) is 0 Å². The molecule has 4 nitrogen and oxygen atoms in total. The quantitative estimate of drug-likeness (QED) is 0.864. The van der Waals surface area contributed by atoms with Crippen molar-refractivity contribution in [2.24, 2.45) is 0 Å². The third-order valence-corrected chi connectivity index (χ3v) is 2.21. The lowest BCUT2D eigenvalue weighted by molar-refractivity contribution is 0.367. The Morgan fingerprint density at radius 1 is 1.50 bits per heavy atom. The zero-order valence-electron chi connectivity index (χ0n) is 9.24. The van der Waals surface area contributed by atoms with Gasteiger partial charge in [0, 0.05) is 6.20 Å². The van der Waals surface area contributed by atoms with Crippen LogP contribution in [0.4, 0.5) is 10.2 Å². The molecule has 16 heavy (non-hydrogen) atoms. The van der Waals surface area contributed by atoms with Gasteiger partial charge in [-0.05, 0) is 20.0 Å². The van der Waals surface area contributed by atoms with Gasteiger partial charge in [0.1, 0.15) is 17.7 Å². The van der Waals surface area contributed by atoms with Gasteiger partial charge in [-0.15, -0.1) is 0 Å². The van der Waals surface area contributed by atoms with Crippen molar-refractivity contribution in [3.63, 3.8) is 0 Å². The number of rotatable bonds is 3. The maximum absolute atomic E-state index is 13.4. The summed E-state index contributed by atoms with van der Waals surface area (Å²) in [4.78, 5) is 8.41. The van der Waals surface area contributed by atoms with Crippen molar-refractivity contribution < 1.29 is 4.39 Å². The predicted molar refractivity (Wildman–Crippen MR) is 61.1 cm³/mol. The average molecular weight is 220 g/mol. The number of aromatic nitrogens is 3. The van der Waals surface area contributed by atoms with Crippen LogP contribution in [0.2, 0.25) is 0 Å². The van der Waals surface area contributed by atoms with Crippen LogP contribution in [0.25, 0.3) is 5.65 Å². The summed E-state index contributed by atoms with van der Waals surface area (Å²) in [6.45, 7) is 6.86. The van der Waals surface area contributed by atoms with E-state index in [1.165, 1.54) is 13.1 Å². The Hall–Kier alpha value is -1.91. The first kappa shape index (κ1) is 10.6. The molecule has 0 saturated carbocycles. The fraction of sp³-hybridized carbons (Fsp3) is 0.273. The standard InChI is InChI=1S/C11H13FN4/c1-4-13-9-6-16-5-7(2)14-11(16)10(15-9)8(3)12/h4-6,8,13H,1H2,2-3H3. The molecule has 0 radical (unpaired) electrons. The largest absolute Gasteiger partial charge is 0.346 e. The van der Waals surface area contributed by atoms with Crippen LogP contribution in [0, 0.1) is 6.92 Å². The number of fused-ring (bicyclic) bond motifs is 1. The number of alkyl halides is 1. The number of nitrogens with one attached hydrogen (secondary N) is 1. The minimum absolute atomic E-state index is 0.333. The van der Waals surface area contributed by atoms with E-state index < -0.39 is 6.17 Å². The lowest BCUT2D eigenvalue weighted by atomic mass is 10.3. The van der Waals surface area contributed by atoms with Crippen LogP contribution in [-0.2, 0) is 0 Å². The summed E-state index contributed by atoms with van der Waals surface area (Å²) < 4.78 is 15.2. The van der Waals surface area contributed by atoms with E-state index in [1.54, 1.807) is 10.6 Å². The second-order valence-corrected chi connectivity index (χ2v) is 3.59. The van der Waals surface area contributed by atoms with Gasteiger partial charge in [0.05, 0.1) is 11.9 Å². The van der Waals surface area contributed by atoms with E-state index in [-0.39, 0.29) is 0 Å². The summed E-state index contributed by atoms with van der Waals surface area (Å²) in [7, 11) is 0. The van der Waals surface area contributed by atoms with Gasteiger partial charge < -0.3 is 9.72 Å². The number of aryl methyl sites for hydroxylation is 1. The summed E-state index contributed by atoms with van der Waals surface area (Å²) in [6, 6.07) is 0. The van der Waals surface area contributed by atoms with Crippen LogP contribution in [0.15, 0.2) is 25.2 Å². The molecule has 0 fully saturated rings. The first-order valence-corrected chi connectivity index (χ1v) is 4.99.